The number of oxazole rings is 1. The Labute approximate surface area is 169 Å². The monoisotopic (exact) mass is 414 g/mol. The predicted octanol–water partition coefficient (Wildman–Crippen LogP) is 5.18. The molecule has 0 radical (unpaired) electrons. The number of para-hydroxylation sites is 2. The lowest BCUT2D eigenvalue weighted by Gasteiger charge is -2.03. The number of benzene rings is 2. The van der Waals surface area contributed by atoms with Gasteiger partial charge in [0.25, 0.3) is 0 Å². The number of nitrogens with zero attached hydrogens (tertiary/aromatic N) is 2. The van der Waals surface area contributed by atoms with Crippen molar-refractivity contribution in [2.24, 2.45) is 0 Å². The molecule has 28 heavy (non-hydrogen) atoms. The first-order valence-electron chi connectivity index (χ1n) is 8.45. The molecule has 2 heterocycles. The molecule has 0 aliphatic heterocycles. The molecule has 0 aliphatic rings. The summed E-state index contributed by atoms with van der Waals surface area (Å²) in [6.07, 6.45) is 0. The summed E-state index contributed by atoms with van der Waals surface area (Å²) in [5.74, 6) is 0.565. The molecule has 0 spiro atoms. The first kappa shape index (κ1) is 18.5. The minimum Gasteiger partial charge on any atom is -0.486 e. The molecule has 0 bridgehead atoms. The van der Waals surface area contributed by atoms with Crippen molar-refractivity contribution < 1.29 is 18.7 Å². The molecule has 0 saturated heterocycles. The van der Waals surface area contributed by atoms with E-state index in [1.807, 2.05) is 24.3 Å². The molecule has 0 amide bonds. The van der Waals surface area contributed by atoms with Crippen molar-refractivity contribution in [3.05, 3.63) is 75.0 Å². The average Bonchev–Trinajstić information content (AvgIpc) is 3.28. The van der Waals surface area contributed by atoms with Gasteiger partial charge in [0.2, 0.25) is 5.89 Å². The summed E-state index contributed by atoms with van der Waals surface area (Å²) < 4.78 is 16.6. The van der Waals surface area contributed by atoms with Crippen LogP contribution >= 0.6 is 22.9 Å². The number of carbonyl (C=O) groups excluding carboxylic acids is 1. The SMILES string of the molecule is Cc1nc(COc2ccc(Cl)cc2)sc1C(=O)OCc1nc2ccccc2o1. The van der Waals surface area contributed by atoms with Gasteiger partial charge in [0.1, 0.15) is 27.8 Å². The molecular weight excluding hydrogens is 400 g/mol. The molecule has 0 fully saturated rings. The maximum absolute atomic E-state index is 12.4. The molecule has 4 rings (SSSR count). The molecule has 0 saturated carbocycles. The number of thiazole rings is 1. The predicted molar refractivity (Wildman–Crippen MR) is 106 cm³/mol. The maximum atomic E-state index is 12.4. The number of rotatable bonds is 6. The van der Waals surface area contributed by atoms with E-state index in [1.54, 1.807) is 31.2 Å². The second-order valence-corrected chi connectivity index (χ2v) is 7.44. The molecule has 6 nitrogen and oxygen atoms in total. The minimum absolute atomic E-state index is 0.0402. The first-order valence-corrected chi connectivity index (χ1v) is 9.64. The van der Waals surface area contributed by atoms with E-state index in [-0.39, 0.29) is 13.2 Å². The van der Waals surface area contributed by atoms with Crippen molar-refractivity contribution in [1.82, 2.24) is 9.97 Å². The highest BCUT2D eigenvalue weighted by Gasteiger charge is 2.18. The average molecular weight is 415 g/mol. The highest BCUT2D eigenvalue weighted by Crippen LogP contribution is 2.23. The number of ether oxygens (including phenoxy) is 2. The zero-order valence-corrected chi connectivity index (χ0v) is 16.4. The molecular formula is C20H15ClN2O4S. The third-order valence-electron chi connectivity index (χ3n) is 3.87. The van der Waals surface area contributed by atoms with E-state index < -0.39 is 5.97 Å². The lowest BCUT2D eigenvalue weighted by atomic mass is 10.3. The van der Waals surface area contributed by atoms with Crippen LogP contribution in [-0.2, 0) is 18.0 Å². The molecule has 2 aromatic heterocycles. The van der Waals surface area contributed by atoms with Crippen molar-refractivity contribution in [3.8, 4) is 5.75 Å². The summed E-state index contributed by atoms with van der Waals surface area (Å²) in [5, 5.41) is 1.32. The quantitative estimate of drug-likeness (QED) is 0.404. The van der Waals surface area contributed by atoms with Gasteiger partial charge >= 0.3 is 5.97 Å². The Morgan fingerprint density at radius 1 is 1.11 bits per heavy atom. The Kier molecular flexibility index (Phi) is 5.27. The Bertz CT molecular complexity index is 1090. The Balaban J connectivity index is 1.38. The molecule has 4 aromatic rings. The summed E-state index contributed by atoms with van der Waals surface area (Å²) in [7, 11) is 0. The van der Waals surface area contributed by atoms with Crippen LogP contribution in [0.25, 0.3) is 11.1 Å². The van der Waals surface area contributed by atoms with Gasteiger partial charge in [0.15, 0.2) is 12.2 Å². The van der Waals surface area contributed by atoms with E-state index in [0.29, 0.717) is 37.8 Å². The zero-order valence-electron chi connectivity index (χ0n) is 14.8. The third kappa shape index (κ3) is 4.16. The minimum atomic E-state index is -0.463. The van der Waals surface area contributed by atoms with Crippen molar-refractivity contribution in [2.75, 3.05) is 0 Å². The van der Waals surface area contributed by atoms with Crippen LogP contribution in [0.15, 0.2) is 52.9 Å². The number of carbonyl (C=O) groups is 1. The van der Waals surface area contributed by atoms with Crippen molar-refractivity contribution >= 4 is 40.0 Å². The Morgan fingerprint density at radius 2 is 1.89 bits per heavy atom. The van der Waals surface area contributed by atoms with E-state index in [4.69, 9.17) is 25.5 Å². The topological polar surface area (TPSA) is 74.5 Å². The summed E-state index contributed by atoms with van der Waals surface area (Å²) in [4.78, 5) is 21.5. The van der Waals surface area contributed by atoms with Gasteiger partial charge < -0.3 is 13.9 Å². The zero-order chi connectivity index (χ0) is 19.5. The van der Waals surface area contributed by atoms with E-state index in [9.17, 15) is 4.79 Å². The van der Waals surface area contributed by atoms with Crippen molar-refractivity contribution in [1.29, 1.82) is 0 Å². The van der Waals surface area contributed by atoms with Gasteiger partial charge in [-0.3, -0.25) is 0 Å². The van der Waals surface area contributed by atoms with Crippen LogP contribution < -0.4 is 4.74 Å². The number of aryl methyl sites for hydroxylation is 1. The summed E-state index contributed by atoms with van der Waals surface area (Å²) in [6.45, 7) is 1.98. The summed E-state index contributed by atoms with van der Waals surface area (Å²) in [5.41, 5.74) is 1.98. The Morgan fingerprint density at radius 3 is 2.68 bits per heavy atom. The van der Waals surface area contributed by atoms with E-state index in [2.05, 4.69) is 9.97 Å². The van der Waals surface area contributed by atoms with Gasteiger partial charge in [-0.25, -0.2) is 14.8 Å². The van der Waals surface area contributed by atoms with Crippen LogP contribution in [0.4, 0.5) is 0 Å². The van der Waals surface area contributed by atoms with E-state index in [1.165, 1.54) is 11.3 Å². The van der Waals surface area contributed by atoms with Gasteiger partial charge in [-0.15, -0.1) is 11.3 Å². The Hall–Kier alpha value is -2.90. The largest absolute Gasteiger partial charge is 0.486 e. The lowest BCUT2D eigenvalue weighted by molar-refractivity contribution is 0.0445. The molecule has 2 aromatic carbocycles. The smallest absolute Gasteiger partial charge is 0.350 e. The number of hydrogen-bond donors (Lipinski definition) is 0. The number of hydrogen-bond acceptors (Lipinski definition) is 7. The standard InChI is InChI=1S/C20H15ClN2O4S/c1-12-19(28-18(22-12)11-25-14-8-6-13(21)7-9-14)20(24)26-10-17-23-15-4-2-3-5-16(15)27-17/h2-9H,10-11H2,1H3. The van der Waals surface area contributed by atoms with Crippen LogP contribution in [0, 0.1) is 6.92 Å². The second kappa shape index (κ2) is 8.00. The fourth-order valence-corrected chi connectivity index (χ4v) is 3.55. The van der Waals surface area contributed by atoms with Gasteiger partial charge in [-0.1, -0.05) is 23.7 Å². The lowest BCUT2D eigenvalue weighted by Crippen LogP contribution is -2.05. The normalized spacial score (nSPS) is 10.9. The number of aromatic nitrogens is 2. The molecule has 142 valence electrons. The first-order chi connectivity index (χ1) is 13.6. The number of fused-ring (bicyclic) bond motifs is 1. The van der Waals surface area contributed by atoms with Gasteiger partial charge in [-0.05, 0) is 43.3 Å². The maximum Gasteiger partial charge on any atom is 0.350 e. The van der Waals surface area contributed by atoms with Crippen LogP contribution in [0.1, 0.15) is 26.3 Å². The third-order valence-corrected chi connectivity index (χ3v) is 5.23. The molecule has 0 unspecified atom stereocenters. The van der Waals surface area contributed by atoms with Gasteiger partial charge in [0, 0.05) is 5.02 Å². The van der Waals surface area contributed by atoms with Crippen LogP contribution in [0.5, 0.6) is 5.75 Å². The van der Waals surface area contributed by atoms with Crippen LogP contribution in [-0.4, -0.2) is 15.9 Å². The molecule has 0 aliphatic carbocycles. The number of esters is 1. The van der Waals surface area contributed by atoms with Crippen LogP contribution in [0.3, 0.4) is 0 Å². The number of halogens is 1. The fourth-order valence-electron chi connectivity index (χ4n) is 2.55. The molecule has 0 atom stereocenters. The van der Waals surface area contributed by atoms with Gasteiger partial charge in [0.05, 0.1) is 5.69 Å². The van der Waals surface area contributed by atoms with E-state index in [0.717, 1.165) is 5.52 Å². The fraction of sp³-hybridized carbons (Fsp3) is 0.150. The highest BCUT2D eigenvalue weighted by atomic mass is 35.5. The second-order valence-electron chi connectivity index (χ2n) is 5.92. The van der Waals surface area contributed by atoms with Gasteiger partial charge in [-0.2, -0.15) is 0 Å². The van der Waals surface area contributed by atoms with Crippen LogP contribution in [0.2, 0.25) is 5.02 Å². The van der Waals surface area contributed by atoms with Crippen molar-refractivity contribution in [2.45, 2.75) is 20.1 Å². The highest BCUT2D eigenvalue weighted by molar-refractivity contribution is 7.13. The summed E-state index contributed by atoms with van der Waals surface area (Å²) in [6, 6.07) is 14.4. The molecule has 8 heteroatoms. The summed E-state index contributed by atoms with van der Waals surface area (Å²) >= 11 is 7.10. The molecule has 0 N–H and O–H groups in total. The van der Waals surface area contributed by atoms with Crippen molar-refractivity contribution in [3.63, 3.8) is 0 Å². The van der Waals surface area contributed by atoms with E-state index >= 15 is 0 Å².